The molecule has 0 atom stereocenters. The lowest BCUT2D eigenvalue weighted by atomic mass is 10.2. The summed E-state index contributed by atoms with van der Waals surface area (Å²) in [6.07, 6.45) is 2.20. The smallest absolute Gasteiger partial charge is 0.352 e. The molecule has 0 aliphatic carbocycles. The summed E-state index contributed by atoms with van der Waals surface area (Å²) in [5, 5.41) is 14.0. The number of rotatable bonds is 3. The van der Waals surface area contributed by atoms with Crippen molar-refractivity contribution in [3.8, 4) is 0 Å². The van der Waals surface area contributed by atoms with Crippen LogP contribution < -0.4 is 9.91 Å². The van der Waals surface area contributed by atoms with Crippen molar-refractivity contribution in [2.45, 2.75) is 19.3 Å². The number of aliphatic carboxylic acids is 1. The fraction of sp³-hybridized carbons (Fsp3) is 0.357. The Labute approximate surface area is 116 Å². The van der Waals surface area contributed by atoms with Gasteiger partial charge in [-0.1, -0.05) is 6.07 Å². The summed E-state index contributed by atoms with van der Waals surface area (Å²) < 4.78 is 0. The molecule has 1 N–H and O–H groups in total. The molecule has 0 bridgehead atoms. The second kappa shape index (κ2) is 4.96. The number of carboxylic acids is 1. The van der Waals surface area contributed by atoms with Crippen LogP contribution in [0, 0.1) is 0 Å². The molecule has 0 aromatic heterocycles. The summed E-state index contributed by atoms with van der Waals surface area (Å²) in [6.45, 7) is 2.03. The summed E-state index contributed by atoms with van der Waals surface area (Å²) in [7, 11) is 0. The van der Waals surface area contributed by atoms with Crippen molar-refractivity contribution in [3.05, 3.63) is 24.3 Å². The van der Waals surface area contributed by atoms with Gasteiger partial charge in [0, 0.05) is 18.8 Å². The molecule has 2 heterocycles. The molecule has 20 heavy (non-hydrogen) atoms. The number of hydrazone groups is 1. The van der Waals surface area contributed by atoms with Crippen LogP contribution in [0.5, 0.6) is 0 Å². The van der Waals surface area contributed by atoms with E-state index in [9.17, 15) is 9.59 Å². The van der Waals surface area contributed by atoms with Crippen LogP contribution in [-0.4, -0.2) is 35.8 Å². The first-order valence-electron chi connectivity index (χ1n) is 6.64. The van der Waals surface area contributed by atoms with Gasteiger partial charge in [0.1, 0.15) is 0 Å². The summed E-state index contributed by atoms with van der Waals surface area (Å²) in [5.74, 6) is -1.45. The molecule has 2 aliphatic rings. The zero-order valence-electron chi connectivity index (χ0n) is 11.0. The van der Waals surface area contributed by atoms with Gasteiger partial charge < -0.3 is 10.0 Å². The Balaban J connectivity index is 1.88. The highest BCUT2D eigenvalue weighted by molar-refractivity contribution is 6.42. The van der Waals surface area contributed by atoms with Crippen LogP contribution in [0.2, 0.25) is 0 Å². The quantitative estimate of drug-likeness (QED) is 0.905. The first-order chi connectivity index (χ1) is 9.65. The molecule has 6 heteroatoms. The minimum Gasteiger partial charge on any atom is -0.477 e. The number of anilines is 2. The molecule has 0 radical (unpaired) electrons. The molecule has 0 saturated carbocycles. The lowest BCUT2D eigenvalue weighted by Gasteiger charge is -2.20. The third-order valence-electron chi connectivity index (χ3n) is 3.57. The van der Waals surface area contributed by atoms with Crippen LogP contribution in [0.15, 0.2) is 29.4 Å². The van der Waals surface area contributed by atoms with E-state index in [1.807, 2.05) is 18.2 Å². The van der Waals surface area contributed by atoms with Crippen molar-refractivity contribution in [1.82, 2.24) is 0 Å². The number of amides is 1. The van der Waals surface area contributed by atoms with Crippen LogP contribution >= 0.6 is 0 Å². The van der Waals surface area contributed by atoms with Gasteiger partial charge in [-0.15, -0.1) is 0 Å². The first kappa shape index (κ1) is 12.7. The number of hydrogen-bond acceptors (Lipinski definition) is 4. The first-order valence-corrected chi connectivity index (χ1v) is 6.64. The summed E-state index contributed by atoms with van der Waals surface area (Å²) in [6, 6.07) is 7.52. The number of carbonyl (C=O) groups is 2. The molecule has 1 aromatic carbocycles. The van der Waals surface area contributed by atoms with Crippen LogP contribution in [0.4, 0.5) is 11.4 Å². The van der Waals surface area contributed by atoms with Crippen LogP contribution in [-0.2, 0) is 9.59 Å². The van der Waals surface area contributed by atoms with E-state index in [1.165, 1.54) is 17.9 Å². The van der Waals surface area contributed by atoms with Crippen molar-refractivity contribution >= 4 is 29.0 Å². The zero-order chi connectivity index (χ0) is 14.1. The van der Waals surface area contributed by atoms with Crippen molar-refractivity contribution in [3.63, 3.8) is 0 Å². The molecule has 1 fully saturated rings. The molecule has 6 nitrogen and oxygen atoms in total. The standard InChI is InChI=1S/C14H15N3O3/c18-13-9-12(14(19)20)15-17(13)11-5-3-4-10(8-11)16-6-1-2-7-16/h3-5,8H,1-2,6-7,9H2,(H,19,20). The van der Waals surface area contributed by atoms with Gasteiger partial charge in [0.05, 0.1) is 12.1 Å². The molecular weight excluding hydrogens is 258 g/mol. The molecule has 3 rings (SSSR count). The average Bonchev–Trinajstić information content (AvgIpc) is 3.08. The van der Waals surface area contributed by atoms with E-state index in [1.54, 1.807) is 6.07 Å². The zero-order valence-corrected chi connectivity index (χ0v) is 11.0. The Morgan fingerprint density at radius 3 is 2.55 bits per heavy atom. The largest absolute Gasteiger partial charge is 0.477 e. The molecular formula is C14H15N3O3. The minimum atomic E-state index is -1.14. The average molecular weight is 273 g/mol. The van der Waals surface area contributed by atoms with Gasteiger partial charge in [-0.25, -0.2) is 4.79 Å². The highest BCUT2D eigenvalue weighted by atomic mass is 16.4. The topological polar surface area (TPSA) is 73.2 Å². The highest BCUT2D eigenvalue weighted by Gasteiger charge is 2.29. The van der Waals surface area contributed by atoms with E-state index in [-0.39, 0.29) is 18.0 Å². The van der Waals surface area contributed by atoms with Crippen LogP contribution in [0.1, 0.15) is 19.3 Å². The van der Waals surface area contributed by atoms with Gasteiger partial charge in [-0.05, 0) is 31.0 Å². The van der Waals surface area contributed by atoms with E-state index in [4.69, 9.17) is 5.11 Å². The van der Waals surface area contributed by atoms with Gasteiger partial charge in [-0.3, -0.25) is 4.79 Å². The van der Waals surface area contributed by atoms with Gasteiger partial charge in [0.15, 0.2) is 5.71 Å². The Hall–Kier alpha value is -2.37. The molecule has 1 aromatic rings. The van der Waals surface area contributed by atoms with E-state index in [0.717, 1.165) is 18.8 Å². The summed E-state index contributed by atoms with van der Waals surface area (Å²) >= 11 is 0. The molecule has 1 amide bonds. The fourth-order valence-electron chi connectivity index (χ4n) is 2.55. The van der Waals surface area contributed by atoms with Crippen molar-refractivity contribution in [1.29, 1.82) is 0 Å². The van der Waals surface area contributed by atoms with Gasteiger partial charge >= 0.3 is 5.97 Å². The monoisotopic (exact) mass is 273 g/mol. The molecule has 0 unspecified atom stereocenters. The highest BCUT2D eigenvalue weighted by Crippen LogP contribution is 2.27. The fourth-order valence-corrected chi connectivity index (χ4v) is 2.55. The van der Waals surface area contributed by atoms with Crippen LogP contribution in [0.25, 0.3) is 0 Å². The van der Waals surface area contributed by atoms with Crippen molar-refractivity contribution < 1.29 is 14.7 Å². The van der Waals surface area contributed by atoms with Crippen LogP contribution in [0.3, 0.4) is 0 Å². The molecule has 104 valence electrons. The predicted octanol–water partition coefficient (Wildman–Crippen LogP) is 1.46. The van der Waals surface area contributed by atoms with Crippen molar-refractivity contribution in [2.75, 3.05) is 23.0 Å². The number of hydrogen-bond donors (Lipinski definition) is 1. The third-order valence-corrected chi connectivity index (χ3v) is 3.57. The lowest BCUT2D eigenvalue weighted by molar-refractivity contribution is -0.129. The number of carbonyl (C=O) groups excluding carboxylic acids is 1. The second-order valence-electron chi connectivity index (χ2n) is 4.95. The molecule has 2 aliphatic heterocycles. The molecule has 0 spiro atoms. The third kappa shape index (κ3) is 2.24. The normalized spacial score (nSPS) is 18.6. The SMILES string of the molecule is O=C(O)C1=NN(c2cccc(N3CCCC3)c2)C(=O)C1. The summed E-state index contributed by atoms with van der Waals surface area (Å²) in [5.41, 5.74) is 1.56. The Kier molecular flexibility index (Phi) is 3.14. The minimum absolute atomic E-state index is 0.110. The Morgan fingerprint density at radius 2 is 1.90 bits per heavy atom. The predicted molar refractivity (Wildman–Crippen MR) is 75.1 cm³/mol. The lowest BCUT2D eigenvalue weighted by Crippen LogP contribution is -2.21. The summed E-state index contributed by atoms with van der Waals surface area (Å²) in [4.78, 5) is 25.0. The second-order valence-corrected chi connectivity index (χ2v) is 4.95. The Morgan fingerprint density at radius 1 is 1.20 bits per heavy atom. The number of carboxylic acid groups (broad SMARTS) is 1. The number of nitrogens with zero attached hydrogens (tertiary/aromatic N) is 3. The van der Waals surface area contributed by atoms with E-state index >= 15 is 0 Å². The maximum Gasteiger partial charge on any atom is 0.352 e. The maximum atomic E-state index is 11.9. The van der Waals surface area contributed by atoms with E-state index in [2.05, 4.69) is 10.0 Å². The number of benzene rings is 1. The Bertz CT molecular complexity index is 591. The van der Waals surface area contributed by atoms with Gasteiger partial charge in [-0.2, -0.15) is 10.1 Å². The van der Waals surface area contributed by atoms with Gasteiger partial charge in [0.2, 0.25) is 0 Å². The van der Waals surface area contributed by atoms with Crippen molar-refractivity contribution in [2.24, 2.45) is 5.10 Å². The van der Waals surface area contributed by atoms with E-state index in [0.29, 0.717) is 5.69 Å². The van der Waals surface area contributed by atoms with Gasteiger partial charge in [0.25, 0.3) is 5.91 Å². The maximum absolute atomic E-state index is 11.9. The molecule has 1 saturated heterocycles. The van der Waals surface area contributed by atoms with E-state index < -0.39 is 5.97 Å².